The van der Waals surface area contributed by atoms with Crippen LogP contribution in [0.4, 0.5) is 0 Å². The van der Waals surface area contributed by atoms with Crippen LogP contribution in [0.2, 0.25) is 0 Å². The topological polar surface area (TPSA) is 55.8 Å². The highest BCUT2D eigenvalue weighted by atomic mass is 16.5. The van der Waals surface area contributed by atoms with Gasteiger partial charge < -0.3 is 14.6 Å². The van der Waals surface area contributed by atoms with Crippen molar-refractivity contribution in [3.05, 3.63) is 95.6 Å². The Labute approximate surface area is 190 Å². The molecular weight excluding hydrogens is 400 g/mol. The third-order valence-electron chi connectivity index (χ3n) is 5.42. The first-order valence-corrected chi connectivity index (χ1v) is 10.9. The number of benzene rings is 3. The maximum absolute atomic E-state index is 11.2. The number of ether oxygens (including phenoxy) is 2. The zero-order valence-corrected chi connectivity index (χ0v) is 18.9. The quantitative estimate of drug-likeness (QED) is 0.417. The molecule has 3 aromatic rings. The summed E-state index contributed by atoms with van der Waals surface area (Å²) >= 11 is 0. The molecule has 0 radical (unpaired) electrons. The standard InChI is InChI=1S/C28H30O4/c1-4-31-27(28(29)30)19-22-9-15-25(16-10-22)32-18-17-20(2)23-11-13-24(14-12-23)26-8-6-5-7-21(26)3/h5-17,27H,4,18-19H2,1-3H3,(H,29,30)/b20-17+. The molecule has 32 heavy (non-hydrogen) atoms. The lowest BCUT2D eigenvalue weighted by atomic mass is 9.98. The fourth-order valence-electron chi connectivity index (χ4n) is 3.54. The Kier molecular flexibility index (Phi) is 8.23. The van der Waals surface area contributed by atoms with Crippen LogP contribution in [0.1, 0.15) is 30.5 Å². The van der Waals surface area contributed by atoms with Gasteiger partial charge in [-0.25, -0.2) is 4.79 Å². The molecule has 166 valence electrons. The molecule has 0 spiro atoms. The van der Waals surface area contributed by atoms with Gasteiger partial charge in [0, 0.05) is 13.0 Å². The second kappa shape index (κ2) is 11.3. The summed E-state index contributed by atoms with van der Waals surface area (Å²) in [6.07, 6.45) is 1.57. The van der Waals surface area contributed by atoms with E-state index in [2.05, 4.69) is 68.5 Å². The molecule has 4 heteroatoms. The third-order valence-corrected chi connectivity index (χ3v) is 5.42. The molecule has 1 N–H and O–H groups in total. The van der Waals surface area contributed by atoms with Crippen LogP contribution in [0.15, 0.2) is 78.9 Å². The Balaban J connectivity index is 1.56. The maximum Gasteiger partial charge on any atom is 0.333 e. The van der Waals surface area contributed by atoms with Gasteiger partial charge >= 0.3 is 5.97 Å². The van der Waals surface area contributed by atoms with Crippen molar-refractivity contribution in [1.82, 2.24) is 0 Å². The number of aliphatic carboxylic acids is 1. The highest BCUT2D eigenvalue weighted by Gasteiger charge is 2.17. The number of allylic oxidation sites excluding steroid dienone is 1. The lowest BCUT2D eigenvalue weighted by Crippen LogP contribution is -2.26. The number of hydrogen-bond donors (Lipinski definition) is 1. The average molecular weight is 431 g/mol. The smallest absolute Gasteiger partial charge is 0.333 e. The average Bonchev–Trinajstić information content (AvgIpc) is 2.80. The van der Waals surface area contributed by atoms with Gasteiger partial charge in [0.15, 0.2) is 6.10 Å². The van der Waals surface area contributed by atoms with E-state index in [0.29, 0.717) is 19.6 Å². The summed E-state index contributed by atoms with van der Waals surface area (Å²) < 4.78 is 11.1. The second-order valence-corrected chi connectivity index (χ2v) is 7.72. The van der Waals surface area contributed by atoms with E-state index < -0.39 is 12.1 Å². The Hall–Kier alpha value is -3.37. The molecule has 0 fully saturated rings. The Bertz CT molecular complexity index is 1050. The van der Waals surface area contributed by atoms with Gasteiger partial charge in [0.05, 0.1) is 0 Å². The molecule has 3 aromatic carbocycles. The van der Waals surface area contributed by atoms with E-state index in [0.717, 1.165) is 22.4 Å². The van der Waals surface area contributed by atoms with Crippen LogP contribution in [0.25, 0.3) is 16.7 Å². The molecule has 0 saturated heterocycles. The number of hydrogen-bond acceptors (Lipinski definition) is 3. The molecule has 0 bridgehead atoms. The highest BCUT2D eigenvalue weighted by Crippen LogP contribution is 2.25. The number of carboxylic acids is 1. The van der Waals surface area contributed by atoms with E-state index in [1.807, 2.05) is 24.3 Å². The van der Waals surface area contributed by atoms with Crippen molar-refractivity contribution in [1.29, 1.82) is 0 Å². The van der Waals surface area contributed by atoms with Crippen LogP contribution in [0.5, 0.6) is 5.75 Å². The van der Waals surface area contributed by atoms with Crippen molar-refractivity contribution in [2.75, 3.05) is 13.2 Å². The van der Waals surface area contributed by atoms with Crippen molar-refractivity contribution >= 4 is 11.5 Å². The number of carboxylic acid groups (broad SMARTS) is 1. The Morgan fingerprint density at radius 1 is 1.00 bits per heavy atom. The summed E-state index contributed by atoms with van der Waals surface area (Å²) in [6.45, 7) is 6.83. The van der Waals surface area contributed by atoms with Crippen LogP contribution in [-0.2, 0) is 16.0 Å². The second-order valence-electron chi connectivity index (χ2n) is 7.72. The largest absolute Gasteiger partial charge is 0.490 e. The van der Waals surface area contributed by atoms with Crippen molar-refractivity contribution in [2.24, 2.45) is 0 Å². The molecule has 1 unspecified atom stereocenters. The van der Waals surface area contributed by atoms with Crippen molar-refractivity contribution in [3.8, 4) is 16.9 Å². The molecule has 0 saturated carbocycles. The molecule has 0 aromatic heterocycles. The van der Waals surface area contributed by atoms with E-state index in [1.54, 1.807) is 6.92 Å². The zero-order chi connectivity index (χ0) is 22.9. The first-order valence-electron chi connectivity index (χ1n) is 10.9. The molecule has 4 nitrogen and oxygen atoms in total. The SMILES string of the molecule is CCOC(Cc1ccc(OC/C=C(\C)c2ccc(-c3ccccc3C)cc2)cc1)C(=O)O. The van der Waals surface area contributed by atoms with E-state index >= 15 is 0 Å². The predicted octanol–water partition coefficient (Wildman–Crippen LogP) is 6.18. The molecule has 0 aliphatic heterocycles. The molecular formula is C28H30O4. The van der Waals surface area contributed by atoms with Gasteiger partial charge in [-0.05, 0) is 72.4 Å². The fourth-order valence-corrected chi connectivity index (χ4v) is 3.54. The number of aryl methyl sites for hydroxylation is 1. The van der Waals surface area contributed by atoms with E-state index in [-0.39, 0.29) is 0 Å². The number of rotatable bonds is 10. The molecule has 0 aliphatic carbocycles. The minimum Gasteiger partial charge on any atom is -0.490 e. The molecule has 3 rings (SSSR count). The van der Waals surface area contributed by atoms with Crippen LogP contribution in [-0.4, -0.2) is 30.4 Å². The van der Waals surface area contributed by atoms with Gasteiger partial charge in [0.1, 0.15) is 12.4 Å². The molecule has 0 aliphatic rings. The van der Waals surface area contributed by atoms with Crippen molar-refractivity contribution < 1.29 is 19.4 Å². The first-order chi connectivity index (χ1) is 15.5. The normalized spacial score (nSPS) is 12.4. The Morgan fingerprint density at radius 3 is 2.31 bits per heavy atom. The Morgan fingerprint density at radius 2 is 1.69 bits per heavy atom. The molecule has 0 amide bonds. The van der Waals surface area contributed by atoms with E-state index in [9.17, 15) is 9.90 Å². The van der Waals surface area contributed by atoms with Gasteiger partial charge in [0.2, 0.25) is 0 Å². The summed E-state index contributed by atoms with van der Waals surface area (Å²) in [6, 6.07) is 24.5. The van der Waals surface area contributed by atoms with Crippen molar-refractivity contribution in [3.63, 3.8) is 0 Å². The van der Waals surface area contributed by atoms with Gasteiger partial charge in [-0.3, -0.25) is 0 Å². The van der Waals surface area contributed by atoms with Crippen LogP contribution < -0.4 is 4.74 Å². The summed E-state index contributed by atoms with van der Waals surface area (Å²) in [7, 11) is 0. The summed E-state index contributed by atoms with van der Waals surface area (Å²) in [4.78, 5) is 11.2. The predicted molar refractivity (Wildman–Crippen MR) is 129 cm³/mol. The first kappa shape index (κ1) is 23.3. The van der Waals surface area contributed by atoms with Gasteiger partial charge in [-0.2, -0.15) is 0 Å². The fraction of sp³-hybridized carbons (Fsp3) is 0.250. The van der Waals surface area contributed by atoms with Gasteiger partial charge in [-0.1, -0.05) is 60.7 Å². The lowest BCUT2D eigenvalue weighted by Gasteiger charge is -2.12. The lowest BCUT2D eigenvalue weighted by molar-refractivity contribution is -0.149. The monoisotopic (exact) mass is 430 g/mol. The molecule has 0 heterocycles. The summed E-state index contributed by atoms with van der Waals surface area (Å²) in [5.74, 6) is -0.198. The van der Waals surface area contributed by atoms with Gasteiger partial charge in [0.25, 0.3) is 0 Å². The van der Waals surface area contributed by atoms with E-state index in [4.69, 9.17) is 9.47 Å². The summed E-state index contributed by atoms with van der Waals surface area (Å²) in [5.41, 5.74) is 6.95. The van der Waals surface area contributed by atoms with Crippen LogP contribution >= 0.6 is 0 Å². The minimum absolute atomic E-state index is 0.334. The third kappa shape index (κ3) is 6.32. The minimum atomic E-state index is -0.945. The van der Waals surface area contributed by atoms with Gasteiger partial charge in [-0.15, -0.1) is 0 Å². The number of carbonyl (C=O) groups is 1. The highest BCUT2D eigenvalue weighted by molar-refractivity contribution is 5.73. The molecule has 1 atom stereocenters. The van der Waals surface area contributed by atoms with Crippen molar-refractivity contribution in [2.45, 2.75) is 33.3 Å². The van der Waals surface area contributed by atoms with Crippen LogP contribution in [0.3, 0.4) is 0 Å². The van der Waals surface area contributed by atoms with Crippen LogP contribution in [0, 0.1) is 6.92 Å². The maximum atomic E-state index is 11.2. The zero-order valence-electron chi connectivity index (χ0n) is 18.9. The van der Waals surface area contributed by atoms with E-state index in [1.165, 1.54) is 16.7 Å². The summed E-state index contributed by atoms with van der Waals surface area (Å²) in [5, 5.41) is 9.21.